The van der Waals surface area contributed by atoms with E-state index in [1.165, 1.54) is 0 Å². The van der Waals surface area contributed by atoms with Gasteiger partial charge in [0.15, 0.2) is 0 Å². The Morgan fingerprint density at radius 1 is 1.00 bits per heavy atom. The molecule has 0 aliphatic heterocycles. The second-order valence-corrected chi connectivity index (χ2v) is 5.12. The number of hydrogen-bond acceptors (Lipinski definition) is 3. The Morgan fingerprint density at radius 3 is 2.52 bits per heavy atom. The summed E-state index contributed by atoms with van der Waals surface area (Å²) in [7, 11) is 0. The van der Waals surface area contributed by atoms with Crippen LogP contribution in [0.1, 0.15) is 21.6 Å². The van der Waals surface area contributed by atoms with Crippen LogP contribution >= 0.6 is 0 Å². The van der Waals surface area contributed by atoms with E-state index in [4.69, 9.17) is 5.73 Å². The van der Waals surface area contributed by atoms with Crippen LogP contribution in [0.2, 0.25) is 0 Å². The number of carbonyl (C=O) groups is 1. The van der Waals surface area contributed by atoms with Gasteiger partial charge in [0.05, 0.1) is 5.69 Å². The van der Waals surface area contributed by atoms with E-state index in [1.807, 2.05) is 61.0 Å². The molecule has 1 amide bonds. The van der Waals surface area contributed by atoms with Gasteiger partial charge in [0.25, 0.3) is 0 Å². The first kappa shape index (κ1) is 14.9. The van der Waals surface area contributed by atoms with Crippen LogP contribution in [-0.4, -0.2) is 15.9 Å². The van der Waals surface area contributed by atoms with Gasteiger partial charge in [0.1, 0.15) is 6.33 Å². The Labute approximate surface area is 135 Å². The third kappa shape index (κ3) is 3.61. The smallest absolute Gasteiger partial charge is 0.248 e. The van der Waals surface area contributed by atoms with E-state index < -0.39 is 5.91 Å². The summed E-state index contributed by atoms with van der Waals surface area (Å²) in [5.41, 5.74) is 9.57. The quantitative estimate of drug-likeness (QED) is 0.787. The maximum Gasteiger partial charge on any atom is 0.248 e. The number of carbonyl (C=O) groups excluding carboxylic acids is 1. The first-order valence-electron chi connectivity index (χ1n) is 7.32. The van der Waals surface area contributed by atoms with Crippen LogP contribution in [0.25, 0.3) is 11.3 Å². The predicted molar refractivity (Wildman–Crippen MR) is 89.5 cm³/mol. The molecule has 0 saturated heterocycles. The second-order valence-electron chi connectivity index (χ2n) is 5.12. The zero-order valence-electron chi connectivity index (χ0n) is 12.5. The Morgan fingerprint density at radius 2 is 1.74 bits per heavy atom. The molecule has 2 aromatic carbocycles. The van der Waals surface area contributed by atoms with Crippen molar-refractivity contribution in [1.82, 2.24) is 9.97 Å². The molecular formula is C19H16N3O. The zero-order valence-corrected chi connectivity index (χ0v) is 12.5. The van der Waals surface area contributed by atoms with Crippen molar-refractivity contribution in [2.24, 2.45) is 5.73 Å². The molecule has 0 saturated carbocycles. The van der Waals surface area contributed by atoms with Crippen LogP contribution in [0.4, 0.5) is 0 Å². The second kappa shape index (κ2) is 6.83. The molecule has 3 rings (SSSR count). The number of hydrogen-bond donors (Lipinski definition) is 1. The fourth-order valence-electron chi connectivity index (χ4n) is 2.40. The summed E-state index contributed by atoms with van der Waals surface area (Å²) in [6.07, 6.45) is 4.11. The largest absolute Gasteiger partial charge is 0.366 e. The number of aromatic nitrogens is 2. The number of primary amides is 1. The molecule has 0 spiro atoms. The van der Waals surface area contributed by atoms with Crippen molar-refractivity contribution in [3.05, 3.63) is 90.2 Å². The molecule has 1 heterocycles. The van der Waals surface area contributed by atoms with Crippen LogP contribution in [-0.2, 0) is 6.42 Å². The Kier molecular flexibility index (Phi) is 4.43. The van der Waals surface area contributed by atoms with Crippen molar-refractivity contribution in [2.45, 2.75) is 6.42 Å². The van der Waals surface area contributed by atoms with Crippen molar-refractivity contribution in [1.29, 1.82) is 0 Å². The summed E-state index contributed by atoms with van der Waals surface area (Å²) < 4.78 is 0. The topological polar surface area (TPSA) is 68.9 Å². The lowest BCUT2D eigenvalue weighted by molar-refractivity contribution is 0.0999. The van der Waals surface area contributed by atoms with Crippen molar-refractivity contribution in [2.75, 3.05) is 0 Å². The number of nitrogens with zero attached hydrogens (tertiary/aromatic N) is 2. The number of nitrogens with two attached hydrogens (primary N) is 1. The van der Waals surface area contributed by atoms with Gasteiger partial charge in [0, 0.05) is 23.2 Å². The highest BCUT2D eigenvalue weighted by atomic mass is 16.1. The standard InChI is InChI=1S/C19H16N3O/c20-19(23)17-9-5-4-6-14(17)10-11-16-12-18(22-13-21-16)15-7-2-1-3-8-15/h1-9,11-13H,10H2,(H2,20,23). The minimum atomic E-state index is -0.415. The summed E-state index contributed by atoms with van der Waals surface area (Å²) >= 11 is 0. The molecule has 0 atom stereocenters. The van der Waals surface area contributed by atoms with Crippen LogP contribution < -0.4 is 5.73 Å². The minimum absolute atomic E-state index is 0.415. The Balaban J connectivity index is 1.78. The maximum absolute atomic E-state index is 11.5. The first-order valence-corrected chi connectivity index (χ1v) is 7.32. The van der Waals surface area contributed by atoms with Gasteiger partial charge in [-0.2, -0.15) is 0 Å². The average molecular weight is 302 g/mol. The zero-order chi connectivity index (χ0) is 16.1. The maximum atomic E-state index is 11.5. The van der Waals surface area contributed by atoms with Crippen molar-refractivity contribution in [3.8, 4) is 11.3 Å². The monoisotopic (exact) mass is 302 g/mol. The summed E-state index contributed by atoms with van der Waals surface area (Å²) in [5, 5.41) is 0. The highest BCUT2D eigenvalue weighted by Gasteiger charge is 2.08. The molecule has 0 aliphatic rings. The fourth-order valence-corrected chi connectivity index (χ4v) is 2.40. The van der Waals surface area contributed by atoms with Crippen molar-refractivity contribution >= 4 is 5.91 Å². The molecule has 2 N–H and O–H groups in total. The summed E-state index contributed by atoms with van der Waals surface area (Å²) in [4.78, 5) is 20.0. The van der Waals surface area contributed by atoms with E-state index in [1.54, 1.807) is 12.4 Å². The summed E-state index contributed by atoms with van der Waals surface area (Å²) in [6.45, 7) is 0. The lowest BCUT2D eigenvalue weighted by Crippen LogP contribution is -2.13. The normalized spacial score (nSPS) is 10.4. The molecule has 0 unspecified atom stereocenters. The molecule has 0 bridgehead atoms. The van der Waals surface area contributed by atoms with E-state index in [0.29, 0.717) is 12.0 Å². The lowest BCUT2D eigenvalue weighted by atomic mass is 10.0. The molecule has 4 nitrogen and oxygen atoms in total. The van der Waals surface area contributed by atoms with Gasteiger partial charge >= 0.3 is 0 Å². The predicted octanol–water partition coefficient (Wildman–Crippen LogP) is 3.04. The molecule has 1 aromatic heterocycles. The highest BCUT2D eigenvalue weighted by Crippen LogP contribution is 2.18. The highest BCUT2D eigenvalue weighted by molar-refractivity contribution is 5.94. The van der Waals surface area contributed by atoms with Gasteiger partial charge in [-0.15, -0.1) is 0 Å². The number of amides is 1. The average Bonchev–Trinajstić information content (AvgIpc) is 2.61. The number of rotatable bonds is 5. The van der Waals surface area contributed by atoms with Crippen molar-refractivity contribution in [3.63, 3.8) is 0 Å². The van der Waals surface area contributed by atoms with Gasteiger partial charge in [-0.25, -0.2) is 9.97 Å². The van der Waals surface area contributed by atoms with Crippen LogP contribution in [0.5, 0.6) is 0 Å². The van der Waals surface area contributed by atoms with Gasteiger partial charge in [-0.05, 0) is 24.1 Å². The van der Waals surface area contributed by atoms with Crippen LogP contribution in [0.15, 0.2) is 67.0 Å². The first-order chi connectivity index (χ1) is 11.2. The van der Waals surface area contributed by atoms with Gasteiger partial charge < -0.3 is 5.73 Å². The fraction of sp³-hybridized carbons (Fsp3) is 0.0526. The molecule has 1 radical (unpaired) electrons. The van der Waals surface area contributed by atoms with Crippen LogP contribution in [0, 0.1) is 6.42 Å². The van der Waals surface area contributed by atoms with E-state index in [2.05, 4.69) is 9.97 Å². The number of benzene rings is 2. The van der Waals surface area contributed by atoms with Crippen LogP contribution in [0.3, 0.4) is 0 Å². The molecule has 0 fully saturated rings. The molecule has 3 aromatic rings. The minimum Gasteiger partial charge on any atom is -0.366 e. The molecule has 0 aliphatic carbocycles. The van der Waals surface area contributed by atoms with Crippen molar-refractivity contribution < 1.29 is 4.79 Å². The summed E-state index contributed by atoms with van der Waals surface area (Å²) in [5.74, 6) is -0.415. The van der Waals surface area contributed by atoms with E-state index >= 15 is 0 Å². The van der Waals surface area contributed by atoms with E-state index in [9.17, 15) is 4.79 Å². The van der Waals surface area contributed by atoms with Gasteiger partial charge in [-0.1, -0.05) is 48.5 Å². The lowest BCUT2D eigenvalue weighted by Gasteiger charge is -2.07. The molecule has 113 valence electrons. The SMILES string of the molecule is NC(=O)c1ccccc1C[CH]c1cc(-c2ccccc2)ncn1. The molecule has 23 heavy (non-hydrogen) atoms. The molecule has 4 heteroatoms. The van der Waals surface area contributed by atoms with Gasteiger partial charge in [-0.3, -0.25) is 4.79 Å². The third-order valence-corrected chi connectivity index (χ3v) is 3.57. The van der Waals surface area contributed by atoms with E-state index in [0.717, 1.165) is 22.5 Å². The Hall–Kier alpha value is -3.01. The third-order valence-electron chi connectivity index (χ3n) is 3.57. The Bertz CT molecular complexity index is 816. The van der Waals surface area contributed by atoms with E-state index in [-0.39, 0.29) is 0 Å². The van der Waals surface area contributed by atoms with Gasteiger partial charge in [0.2, 0.25) is 5.91 Å². The summed E-state index contributed by atoms with van der Waals surface area (Å²) in [6, 6.07) is 19.2. The molecular weight excluding hydrogens is 286 g/mol.